The molecule has 0 aliphatic rings. The summed E-state index contributed by atoms with van der Waals surface area (Å²) in [4.78, 5) is 24.8. The predicted octanol–water partition coefficient (Wildman–Crippen LogP) is 4.76. The van der Waals surface area contributed by atoms with E-state index in [1.807, 2.05) is 49.0 Å². The van der Waals surface area contributed by atoms with Crippen molar-refractivity contribution < 1.29 is 14.3 Å². The van der Waals surface area contributed by atoms with Gasteiger partial charge in [0.15, 0.2) is 0 Å². The number of para-hydroxylation sites is 1. The number of fused-ring (bicyclic) bond motifs is 1. The molecule has 0 spiro atoms. The normalized spacial score (nSPS) is 11.2. The number of methoxy groups -OCH3 is 1. The summed E-state index contributed by atoms with van der Waals surface area (Å²) in [5, 5.41) is 1.38. The van der Waals surface area contributed by atoms with Crippen molar-refractivity contribution in [2.75, 3.05) is 7.11 Å². The largest absolute Gasteiger partial charge is 0.487 e. The number of ether oxygens (including phenoxy) is 2. The Morgan fingerprint density at radius 1 is 1.28 bits per heavy atom. The van der Waals surface area contributed by atoms with Crippen molar-refractivity contribution in [3.05, 3.63) is 77.0 Å². The van der Waals surface area contributed by atoms with Crippen molar-refractivity contribution in [3.63, 3.8) is 0 Å². The molecule has 32 heavy (non-hydrogen) atoms. The van der Waals surface area contributed by atoms with Crippen LogP contribution in [-0.4, -0.2) is 32.6 Å². The van der Waals surface area contributed by atoms with E-state index >= 15 is 0 Å². The molecule has 0 fully saturated rings. The zero-order chi connectivity index (χ0) is 22.7. The summed E-state index contributed by atoms with van der Waals surface area (Å²) >= 11 is 6.38. The van der Waals surface area contributed by atoms with Crippen LogP contribution in [0.3, 0.4) is 0 Å². The van der Waals surface area contributed by atoms with Gasteiger partial charge in [-0.05, 0) is 25.1 Å². The van der Waals surface area contributed by atoms with E-state index < -0.39 is 5.97 Å². The minimum Gasteiger partial charge on any atom is -0.487 e. The zero-order valence-corrected chi connectivity index (χ0v) is 18.6. The molecular weight excluding hydrogens is 428 g/mol. The van der Waals surface area contributed by atoms with Crippen molar-refractivity contribution in [1.82, 2.24) is 19.5 Å². The number of nitrogens with zero attached hydrogens (tertiary/aromatic N) is 4. The average Bonchev–Trinajstić information content (AvgIpc) is 3.22. The van der Waals surface area contributed by atoms with Gasteiger partial charge in [0.25, 0.3) is 0 Å². The summed E-state index contributed by atoms with van der Waals surface area (Å²) in [6, 6.07) is 7.82. The minimum absolute atomic E-state index is 0.175. The molecule has 4 rings (SSSR count). The second-order valence-corrected chi connectivity index (χ2v) is 7.57. The molecule has 1 aromatic carbocycles. The van der Waals surface area contributed by atoms with E-state index in [0.717, 1.165) is 28.0 Å². The Morgan fingerprint density at radius 3 is 2.88 bits per heavy atom. The number of halogens is 1. The fourth-order valence-corrected chi connectivity index (χ4v) is 3.65. The van der Waals surface area contributed by atoms with Crippen LogP contribution in [0.25, 0.3) is 28.4 Å². The Kier molecular flexibility index (Phi) is 6.18. The van der Waals surface area contributed by atoms with E-state index in [4.69, 9.17) is 21.3 Å². The lowest BCUT2D eigenvalue weighted by Gasteiger charge is -2.14. The van der Waals surface area contributed by atoms with Gasteiger partial charge >= 0.3 is 5.97 Å². The third kappa shape index (κ3) is 4.33. The van der Waals surface area contributed by atoms with Crippen LogP contribution >= 0.6 is 11.6 Å². The molecule has 0 aliphatic heterocycles. The number of rotatable bonds is 6. The van der Waals surface area contributed by atoms with Gasteiger partial charge < -0.3 is 14.0 Å². The van der Waals surface area contributed by atoms with Crippen molar-refractivity contribution in [2.24, 2.45) is 7.05 Å². The molecule has 0 saturated carbocycles. The minimum atomic E-state index is -0.465. The number of esters is 1. The Labute approximate surface area is 190 Å². The lowest BCUT2D eigenvalue weighted by Crippen LogP contribution is -2.02. The summed E-state index contributed by atoms with van der Waals surface area (Å²) < 4.78 is 12.8. The van der Waals surface area contributed by atoms with Crippen LogP contribution in [0.4, 0.5) is 0 Å². The number of hydrogen-bond acceptors (Lipinski definition) is 6. The van der Waals surface area contributed by atoms with Gasteiger partial charge in [-0.3, -0.25) is 4.98 Å². The summed E-state index contributed by atoms with van der Waals surface area (Å²) in [5.41, 5.74) is 3.95. The fourth-order valence-electron chi connectivity index (χ4n) is 3.43. The first-order valence-electron chi connectivity index (χ1n) is 9.87. The van der Waals surface area contributed by atoms with Gasteiger partial charge in [0.2, 0.25) is 0 Å². The number of pyridine rings is 2. The summed E-state index contributed by atoms with van der Waals surface area (Å²) in [7, 11) is 3.28. The molecule has 0 N–H and O–H groups in total. The molecule has 8 heteroatoms. The average molecular weight is 449 g/mol. The molecule has 3 aromatic heterocycles. The number of carbonyl (C=O) groups is 1. The predicted molar refractivity (Wildman–Crippen MR) is 123 cm³/mol. The van der Waals surface area contributed by atoms with Gasteiger partial charge in [0.1, 0.15) is 23.7 Å². The summed E-state index contributed by atoms with van der Waals surface area (Å²) in [6.45, 7) is 2.12. The summed E-state index contributed by atoms with van der Waals surface area (Å²) in [6.07, 6.45) is 9.76. The van der Waals surface area contributed by atoms with Crippen molar-refractivity contribution in [3.8, 4) is 17.1 Å². The van der Waals surface area contributed by atoms with Crippen LogP contribution < -0.4 is 4.74 Å². The Balaban J connectivity index is 1.72. The standard InChI is InChI=1S/C24H21ClN4O3/c1-15-11-18(24-27-9-10-29(24)2)17-5-4-6-21(23(17)28-15)32-14-19-16(7-8-22(30)31-3)12-26-13-20(19)25/h4-13H,14H2,1-3H3/b8-7+. The highest BCUT2D eigenvalue weighted by atomic mass is 35.5. The molecule has 3 heterocycles. The number of benzene rings is 1. The Bertz CT molecular complexity index is 1330. The number of aromatic nitrogens is 4. The van der Waals surface area contributed by atoms with Crippen LogP contribution in [0.1, 0.15) is 16.8 Å². The lowest BCUT2D eigenvalue weighted by atomic mass is 10.1. The van der Waals surface area contributed by atoms with Gasteiger partial charge in [0, 0.05) is 65.7 Å². The molecule has 0 radical (unpaired) electrons. The molecule has 0 amide bonds. The van der Waals surface area contributed by atoms with Crippen LogP contribution in [0.2, 0.25) is 5.02 Å². The van der Waals surface area contributed by atoms with Crippen LogP contribution in [-0.2, 0) is 23.2 Å². The maximum absolute atomic E-state index is 11.5. The molecule has 0 aliphatic carbocycles. The van der Waals surface area contributed by atoms with Crippen LogP contribution in [0.5, 0.6) is 5.75 Å². The molecule has 0 saturated heterocycles. The fraction of sp³-hybridized carbons (Fsp3) is 0.167. The number of carbonyl (C=O) groups excluding carboxylic acids is 1. The molecule has 162 valence electrons. The van der Waals surface area contributed by atoms with Gasteiger partial charge in [-0.25, -0.2) is 14.8 Å². The van der Waals surface area contributed by atoms with E-state index in [2.05, 4.69) is 14.7 Å². The zero-order valence-electron chi connectivity index (χ0n) is 17.9. The number of hydrogen-bond donors (Lipinski definition) is 0. The highest BCUT2D eigenvalue weighted by molar-refractivity contribution is 6.31. The van der Waals surface area contributed by atoms with Crippen molar-refractivity contribution >= 4 is 34.5 Å². The Hall–Kier alpha value is -3.71. The first-order valence-corrected chi connectivity index (χ1v) is 10.2. The van der Waals surface area contributed by atoms with E-state index in [-0.39, 0.29) is 6.61 Å². The molecule has 0 bridgehead atoms. The summed E-state index contributed by atoms with van der Waals surface area (Å²) in [5.74, 6) is 1.01. The maximum Gasteiger partial charge on any atom is 0.330 e. The maximum atomic E-state index is 11.5. The second kappa shape index (κ2) is 9.20. The lowest BCUT2D eigenvalue weighted by molar-refractivity contribution is -0.134. The van der Waals surface area contributed by atoms with Crippen LogP contribution in [0, 0.1) is 6.92 Å². The monoisotopic (exact) mass is 448 g/mol. The first-order chi connectivity index (χ1) is 15.5. The van der Waals surface area contributed by atoms with E-state index in [1.54, 1.807) is 24.7 Å². The van der Waals surface area contributed by atoms with Crippen LogP contribution in [0.15, 0.2) is 55.1 Å². The van der Waals surface area contributed by atoms with Gasteiger partial charge in [-0.2, -0.15) is 0 Å². The SMILES string of the molecule is COC(=O)/C=C/c1cncc(Cl)c1COc1cccc2c(-c3nccn3C)cc(C)nc12. The first kappa shape index (κ1) is 21.5. The quantitative estimate of drug-likeness (QED) is 0.312. The highest BCUT2D eigenvalue weighted by Gasteiger charge is 2.15. The van der Waals surface area contributed by atoms with Crippen molar-refractivity contribution in [2.45, 2.75) is 13.5 Å². The molecular formula is C24H21ClN4O3. The van der Waals surface area contributed by atoms with Gasteiger partial charge in [0.05, 0.1) is 12.1 Å². The smallest absolute Gasteiger partial charge is 0.330 e. The van der Waals surface area contributed by atoms with E-state index in [0.29, 0.717) is 21.9 Å². The molecule has 0 unspecified atom stereocenters. The molecule has 4 aromatic rings. The third-order valence-electron chi connectivity index (χ3n) is 5.00. The Morgan fingerprint density at radius 2 is 2.12 bits per heavy atom. The van der Waals surface area contributed by atoms with Gasteiger partial charge in [-0.15, -0.1) is 0 Å². The second-order valence-electron chi connectivity index (χ2n) is 7.16. The topological polar surface area (TPSA) is 79.1 Å². The van der Waals surface area contributed by atoms with E-state index in [9.17, 15) is 4.79 Å². The third-order valence-corrected chi connectivity index (χ3v) is 5.33. The van der Waals surface area contributed by atoms with Crippen molar-refractivity contribution in [1.29, 1.82) is 0 Å². The number of aryl methyl sites for hydroxylation is 2. The molecule has 7 nitrogen and oxygen atoms in total. The molecule has 0 atom stereocenters. The van der Waals surface area contributed by atoms with Gasteiger partial charge in [-0.1, -0.05) is 23.7 Å². The number of imidazole rings is 1. The van der Waals surface area contributed by atoms with E-state index in [1.165, 1.54) is 13.2 Å². The highest BCUT2D eigenvalue weighted by Crippen LogP contribution is 2.33.